The van der Waals surface area contributed by atoms with Crippen LogP contribution in [0.4, 0.5) is 15.8 Å². The van der Waals surface area contributed by atoms with Gasteiger partial charge in [0.2, 0.25) is 5.88 Å². The van der Waals surface area contributed by atoms with Crippen molar-refractivity contribution in [2.24, 2.45) is 0 Å². The van der Waals surface area contributed by atoms with Crippen molar-refractivity contribution in [3.8, 4) is 11.9 Å². The van der Waals surface area contributed by atoms with E-state index in [0.717, 1.165) is 6.07 Å². The zero-order chi connectivity index (χ0) is 16.3. The minimum Gasteiger partial charge on any atom is -0.479 e. The second-order valence-corrected chi connectivity index (χ2v) is 5.23. The molecule has 0 aliphatic rings. The molecular weight excluding hydrogens is 379 g/mol. The van der Waals surface area contributed by atoms with Crippen LogP contribution in [0.15, 0.2) is 28.9 Å². The van der Waals surface area contributed by atoms with Crippen molar-refractivity contribution in [3.63, 3.8) is 0 Å². The first-order chi connectivity index (χ1) is 10.5. The lowest BCUT2D eigenvalue weighted by molar-refractivity contribution is 0.270. The first-order valence-corrected chi connectivity index (χ1v) is 6.98. The summed E-state index contributed by atoms with van der Waals surface area (Å²) in [5.74, 6) is -0.479. The Morgan fingerprint density at radius 2 is 2.27 bits per heavy atom. The Morgan fingerprint density at radius 1 is 1.55 bits per heavy atom. The summed E-state index contributed by atoms with van der Waals surface area (Å²) in [5, 5.41) is 20.1. The van der Waals surface area contributed by atoms with Gasteiger partial charge in [0.25, 0.3) is 0 Å². The molecule has 9 heteroatoms. The van der Waals surface area contributed by atoms with Crippen molar-refractivity contribution in [2.75, 3.05) is 17.7 Å². The molecule has 0 aliphatic heterocycles. The predicted octanol–water partition coefficient (Wildman–Crippen LogP) is 3.74. The topological polar surface area (TPSA) is 81.4 Å². The van der Waals surface area contributed by atoms with Crippen molar-refractivity contribution in [1.29, 1.82) is 5.26 Å². The van der Waals surface area contributed by atoms with Crippen molar-refractivity contribution < 1.29 is 14.3 Å². The van der Waals surface area contributed by atoms with E-state index in [1.807, 2.05) is 6.07 Å². The summed E-state index contributed by atoms with van der Waals surface area (Å²) < 4.78 is 18.4. The fraction of sp³-hybridized carbons (Fsp3) is 0.0769. The van der Waals surface area contributed by atoms with Crippen molar-refractivity contribution in [1.82, 2.24) is 4.98 Å². The first-order valence-electron chi connectivity index (χ1n) is 5.81. The van der Waals surface area contributed by atoms with Crippen LogP contribution in [0.1, 0.15) is 5.56 Å². The van der Waals surface area contributed by atoms with Crippen LogP contribution in [-0.2, 0) is 0 Å². The number of methoxy groups -OCH3 is 1. The summed E-state index contributed by atoms with van der Waals surface area (Å²) in [6.45, 7) is 0. The van der Waals surface area contributed by atoms with E-state index < -0.39 is 5.82 Å². The predicted molar refractivity (Wildman–Crippen MR) is 82.5 cm³/mol. The maximum absolute atomic E-state index is 13.4. The molecule has 6 nitrogen and oxygen atoms in total. The van der Waals surface area contributed by atoms with E-state index in [0.29, 0.717) is 5.17 Å². The Hall–Kier alpha value is -2.08. The fourth-order valence-corrected chi connectivity index (χ4v) is 2.24. The molecule has 0 spiro atoms. The fourth-order valence-electron chi connectivity index (χ4n) is 1.65. The minimum absolute atomic E-state index is 0.00648. The monoisotopic (exact) mass is 386 g/mol. The second-order valence-electron chi connectivity index (χ2n) is 4.00. The number of halogens is 3. The third-order valence-electron chi connectivity index (χ3n) is 2.65. The van der Waals surface area contributed by atoms with Crippen LogP contribution in [0, 0.1) is 17.1 Å². The number of rotatable bonds is 4. The Kier molecular flexibility index (Phi) is 5.03. The molecule has 22 heavy (non-hydrogen) atoms. The lowest BCUT2D eigenvalue weighted by Gasteiger charge is -2.21. The Bertz CT molecular complexity index is 754. The van der Waals surface area contributed by atoms with Gasteiger partial charge < -0.3 is 4.74 Å². The highest BCUT2D eigenvalue weighted by atomic mass is 79.9. The molecule has 2 rings (SSSR count). The summed E-state index contributed by atoms with van der Waals surface area (Å²) >= 11 is 8.81. The van der Waals surface area contributed by atoms with Crippen molar-refractivity contribution >= 4 is 38.9 Å². The number of hydrogen-bond acceptors (Lipinski definition) is 6. The van der Waals surface area contributed by atoms with Crippen LogP contribution in [0.5, 0.6) is 5.88 Å². The number of aromatic nitrogens is 1. The van der Waals surface area contributed by atoms with E-state index >= 15 is 0 Å². The Labute approximate surface area is 138 Å². The van der Waals surface area contributed by atoms with Gasteiger partial charge in [-0.05, 0) is 34.1 Å². The van der Waals surface area contributed by atoms with Gasteiger partial charge in [-0.25, -0.2) is 9.37 Å². The number of nitriles is 1. The van der Waals surface area contributed by atoms with Crippen LogP contribution in [0.3, 0.4) is 0 Å². The van der Waals surface area contributed by atoms with Gasteiger partial charge in [0.05, 0.1) is 27.9 Å². The van der Waals surface area contributed by atoms with Gasteiger partial charge in [-0.15, -0.1) is 0 Å². The lowest BCUT2D eigenvalue weighted by Crippen LogP contribution is -2.27. The van der Waals surface area contributed by atoms with Gasteiger partial charge >= 0.3 is 0 Å². The number of pyridine rings is 1. The molecule has 2 aromatic rings. The third kappa shape index (κ3) is 3.22. The smallest absolute Gasteiger partial charge is 0.242 e. The van der Waals surface area contributed by atoms with Gasteiger partial charge in [-0.1, -0.05) is 11.6 Å². The molecule has 0 fully saturated rings. The standard InChI is InChI=1S/C13H9BrClFN4O2/c1-22-13-11(4-7(15)6-18-13)20(21)19-10-3-2-9(16)12(14)8(10)5-17/h2-4,6,19,21H,1H3. The van der Waals surface area contributed by atoms with E-state index in [4.69, 9.17) is 21.6 Å². The molecule has 0 unspecified atom stereocenters. The highest BCUT2D eigenvalue weighted by Crippen LogP contribution is 2.31. The summed E-state index contributed by atoms with van der Waals surface area (Å²) in [4.78, 5) is 3.90. The van der Waals surface area contributed by atoms with E-state index in [1.165, 1.54) is 25.4 Å². The number of ether oxygens (including phenoxy) is 1. The van der Waals surface area contributed by atoms with Crippen molar-refractivity contribution in [2.45, 2.75) is 0 Å². The number of nitrogens with zero attached hydrogens (tertiary/aromatic N) is 3. The van der Waals surface area contributed by atoms with Crippen LogP contribution >= 0.6 is 27.5 Å². The lowest BCUT2D eigenvalue weighted by atomic mass is 10.2. The van der Waals surface area contributed by atoms with Gasteiger partial charge in [-0.2, -0.15) is 10.4 Å². The van der Waals surface area contributed by atoms with E-state index in [-0.39, 0.29) is 32.3 Å². The first kappa shape index (κ1) is 16.3. The minimum atomic E-state index is -0.589. The van der Waals surface area contributed by atoms with Gasteiger partial charge in [0.15, 0.2) is 5.69 Å². The maximum atomic E-state index is 13.4. The number of hydrazine groups is 1. The molecule has 1 aromatic heterocycles. The van der Waals surface area contributed by atoms with E-state index in [2.05, 4.69) is 26.3 Å². The Balaban J connectivity index is 2.38. The van der Waals surface area contributed by atoms with E-state index in [9.17, 15) is 9.60 Å². The number of anilines is 2. The summed E-state index contributed by atoms with van der Waals surface area (Å²) in [5.41, 5.74) is 2.84. The van der Waals surface area contributed by atoms with Gasteiger partial charge in [-0.3, -0.25) is 10.6 Å². The molecule has 0 atom stereocenters. The summed E-state index contributed by atoms with van der Waals surface area (Å²) in [6, 6.07) is 5.71. The molecule has 0 bridgehead atoms. The zero-order valence-corrected chi connectivity index (χ0v) is 13.5. The highest BCUT2D eigenvalue weighted by molar-refractivity contribution is 9.10. The zero-order valence-electron chi connectivity index (χ0n) is 11.1. The number of benzene rings is 1. The molecule has 0 radical (unpaired) electrons. The SMILES string of the molecule is COc1ncc(Cl)cc1N(O)Nc1ccc(F)c(Br)c1C#N. The average Bonchev–Trinajstić information content (AvgIpc) is 2.51. The van der Waals surface area contributed by atoms with Crippen LogP contribution in [0.25, 0.3) is 0 Å². The summed E-state index contributed by atoms with van der Waals surface area (Å²) in [7, 11) is 1.38. The number of hydrogen-bond donors (Lipinski definition) is 2. The van der Waals surface area contributed by atoms with Gasteiger partial charge in [0.1, 0.15) is 11.9 Å². The van der Waals surface area contributed by atoms with Crippen molar-refractivity contribution in [3.05, 3.63) is 45.3 Å². The molecule has 0 aliphatic carbocycles. The van der Waals surface area contributed by atoms with Crippen LogP contribution in [0.2, 0.25) is 5.02 Å². The molecule has 1 aromatic carbocycles. The normalized spacial score (nSPS) is 10.0. The molecule has 0 amide bonds. The quantitative estimate of drug-likeness (QED) is 0.778. The van der Waals surface area contributed by atoms with Gasteiger partial charge in [0, 0.05) is 6.20 Å². The van der Waals surface area contributed by atoms with Crippen LogP contribution < -0.4 is 15.3 Å². The molecular formula is C13H9BrClFN4O2. The summed E-state index contributed by atoms with van der Waals surface area (Å²) in [6.07, 6.45) is 1.35. The molecule has 0 saturated carbocycles. The van der Waals surface area contributed by atoms with Crippen LogP contribution in [-0.4, -0.2) is 17.3 Å². The van der Waals surface area contributed by atoms with E-state index in [1.54, 1.807) is 0 Å². The highest BCUT2D eigenvalue weighted by Gasteiger charge is 2.16. The second kappa shape index (κ2) is 6.79. The average molecular weight is 388 g/mol. The molecule has 2 N–H and O–H groups in total. The maximum Gasteiger partial charge on any atom is 0.242 e. The molecule has 0 saturated heterocycles. The third-order valence-corrected chi connectivity index (χ3v) is 3.64. The molecule has 1 heterocycles. The number of nitrogens with one attached hydrogen (secondary N) is 1. The molecule has 114 valence electrons. The largest absolute Gasteiger partial charge is 0.479 e. The Morgan fingerprint density at radius 3 is 2.91 bits per heavy atom.